The number of nitrogens with zero attached hydrogens (tertiary/aromatic N) is 3. The Bertz CT molecular complexity index is 318. The first-order valence-corrected chi connectivity index (χ1v) is 4.83. The van der Waals surface area contributed by atoms with E-state index in [9.17, 15) is 4.79 Å². The van der Waals surface area contributed by atoms with Crippen molar-refractivity contribution in [3.8, 4) is 0 Å². The fourth-order valence-corrected chi connectivity index (χ4v) is 1.57. The Kier molecular flexibility index (Phi) is 2.23. The summed E-state index contributed by atoms with van der Waals surface area (Å²) in [6.07, 6.45) is 3.92. The van der Waals surface area contributed by atoms with Crippen molar-refractivity contribution >= 4 is 5.91 Å². The third kappa shape index (κ3) is 1.62. The van der Waals surface area contributed by atoms with E-state index in [-0.39, 0.29) is 5.91 Å². The number of amides is 1. The van der Waals surface area contributed by atoms with Gasteiger partial charge in [0.15, 0.2) is 5.69 Å². The Morgan fingerprint density at radius 2 is 2.43 bits per heavy atom. The molecule has 1 N–H and O–H groups in total. The zero-order valence-electron chi connectivity index (χ0n) is 8.40. The van der Waals surface area contributed by atoms with Gasteiger partial charge in [-0.1, -0.05) is 0 Å². The van der Waals surface area contributed by atoms with Crippen molar-refractivity contribution in [1.82, 2.24) is 20.3 Å². The van der Waals surface area contributed by atoms with E-state index in [1.165, 1.54) is 19.0 Å². The van der Waals surface area contributed by atoms with Crippen molar-refractivity contribution in [3.63, 3.8) is 0 Å². The summed E-state index contributed by atoms with van der Waals surface area (Å²) >= 11 is 0. The average molecular weight is 194 g/mol. The van der Waals surface area contributed by atoms with Crippen LogP contribution in [0.5, 0.6) is 0 Å². The number of aromatic nitrogens is 3. The fourth-order valence-electron chi connectivity index (χ4n) is 1.57. The maximum Gasteiger partial charge on any atom is 0.276 e. The van der Waals surface area contributed by atoms with Gasteiger partial charge in [-0.15, -0.1) is 0 Å². The van der Waals surface area contributed by atoms with E-state index in [4.69, 9.17) is 0 Å². The van der Waals surface area contributed by atoms with Crippen molar-refractivity contribution in [2.75, 3.05) is 7.05 Å². The van der Waals surface area contributed by atoms with E-state index in [1.54, 1.807) is 4.90 Å². The summed E-state index contributed by atoms with van der Waals surface area (Å²) in [6.45, 7) is 2.08. The molecule has 1 aromatic heterocycles. The molecule has 0 bridgehead atoms. The third-order valence-electron chi connectivity index (χ3n) is 2.87. The van der Waals surface area contributed by atoms with Gasteiger partial charge in [0.1, 0.15) is 0 Å². The zero-order valence-corrected chi connectivity index (χ0v) is 8.40. The van der Waals surface area contributed by atoms with Crippen LogP contribution < -0.4 is 0 Å². The molecule has 1 heterocycles. The number of aromatic amines is 1. The number of nitrogens with one attached hydrogen (secondary N) is 1. The highest BCUT2D eigenvalue weighted by molar-refractivity contribution is 5.91. The van der Waals surface area contributed by atoms with Crippen LogP contribution in [0.2, 0.25) is 0 Å². The summed E-state index contributed by atoms with van der Waals surface area (Å²) in [5.41, 5.74) is 0.389. The minimum absolute atomic E-state index is 0.0573. The quantitative estimate of drug-likeness (QED) is 0.769. The Morgan fingerprint density at radius 3 is 2.93 bits per heavy atom. The first-order chi connectivity index (χ1) is 6.70. The van der Waals surface area contributed by atoms with Crippen LogP contribution in [0.3, 0.4) is 0 Å². The third-order valence-corrected chi connectivity index (χ3v) is 2.87. The maximum atomic E-state index is 11.8. The van der Waals surface area contributed by atoms with Gasteiger partial charge < -0.3 is 4.90 Å². The van der Waals surface area contributed by atoms with E-state index < -0.39 is 0 Å². The van der Waals surface area contributed by atoms with Gasteiger partial charge in [-0.2, -0.15) is 15.4 Å². The summed E-state index contributed by atoms with van der Waals surface area (Å²) in [6, 6.07) is 0.305. The van der Waals surface area contributed by atoms with E-state index in [0.717, 1.165) is 0 Å². The Hall–Kier alpha value is -1.39. The molecule has 0 spiro atoms. The lowest BCUT2D eigenvalue weighted by Gasteiger charge is -2.23. The number of H-pyrrole nitrogens is 1. The highest BCUT2D eigenvalue weighted by Crippen LogP contribution is 2.34. The second kappa shape index (κ2) is 3.40. The molecule has 1 saturated carbocycles. The second-order valence-corrected chi connectivity index (χ2v) is 3.85. The van der Waals surface area contributed by atoms with Gasteiger partial charge in [0.05, 0.1) is 6.20 Å². The molecule has 1 aliphatic carbocycles. The van der Waals surface area contributed by atoms with Crippen molar-refractivity contribution in [1.29, 1.82) is 0 Å². The van der Waals surface area contributed by atoms with Crippen LogP contribution in [-0.4, -0.2) is 39.3 Å². The van der Waals surface area contributed by atoms with Crippen LogP contribution in [-0.2, 0) is 0 Å². The van der Waals surface area contributed by atoms with Gasteiger partial charge in [-0.25, -0.2) is 0 Å². The van der Waals surface area contributed by atoms with Crippen molar-refractivity contribution in [2.45, 2.75) is 25.8 Å². The normalized spacial score (nSPS) is 17.9. The van der Waals surface area contributed by atoms with Gasteiger partial charge in [0.25, 0.3) is 5.91 Å². The maximum absolute atomic E-state index is 11.8. The molecular weight excluding hydrogens is 180 g/mol. The molecule has 1 aliphatic rings. The molecule has 1 unspecified atom stereocenters. The van der Waals surface area contributed by atoms with Crippen LogP contribution in [0.25, 0.3) is 0 Å². The molecule has 2 rings (SSSR count). The molecule has 0 saturated heterocycles. The van der Waals surface area contributed by atoms with Crippen LogP contribution in [0, 0.1) is 5.92 Å². The van der Waals surface area contributed by atoms with E-state index in [0.29, 0.717) is 17.7 Å². The van der Waals surface area contributed by atoms with Crippen LogP contribution in [0.1, 0.15) is 30.3 Å². The number of hydrogen-bond acceptors (Lipinski definition) is 3. The summed E-state index contributed by atoms with van der Waals surface area (Å²) in [7, 11) is 1.82. The molecule has 14 heavy (non-hydrogen) atoms. The van der Waals surface area contributed by atoms with Crippen LogP contribution >= 0.6 is 0 Å². The van der Waals surface area contributed by atoms with E-state index in [2.05, 4.69) is 22.3 Å². The largest absolute Gasteiger partial charge is 0.337 e. The van der Waals surface area contributed by atoms with Crippen molar-refractivity contribution in [2.24, 2.45) is 5.92 Å². The number of carbonyl (C=O) groups is 1. The minimum atomic E-state index is -0.0573. The van der Waals surface area contributed by atoms with Crippen LogP contribution in [0.4, 0.5) is 0 Å². The molecule has 1 atom stereocenters. The Morgan fingerprint density at radius 1 is 1.71 bits per heavy atom. The monoisotopic (exact) mass is 194 g/mol. The molecule has 5 heteroatoms. The summed E-state index contributed by atoms with van der Waals surface area (Å²) < 4.78 is 0. The number of carbonyl (C=O) groups excluding carboxylic acids is 1. The first kappa shape index (κ1) is 9.18. The zero-order chi connectivity index (χ0) is 10.1. The molecule has 76 valence electrons. The van der Waals surface area contributed by atoms with Crippen molar-refractivity contribution < 1.29 is 4.79 Å². The average Bonchev–Trinajstić information content (AvgIpc) is 2.90. The lowest BCUT2D eigenvalue weighted by Crippen LogP contribution is -2.36. The molecular formula is C9H14N4O. The fraction of sp³-hybridized carbons (Fsp3) is 0.667. The molecule has 1 amide bonds. The molecule has 0 radical (unpaired) electrons. The Labute approximate surface area is 82.5 Å². The minimum Gasteiger partial charge on any atom is -0.337 e. The Balaban J connectivity index is 2.03. The van der Waals surface area contributed by atoms with Gasteiger partial charge >= 0.3 is 0 Å². The summed E-state index contributed by atoms with van der Waals surface area (Å²) in [5.74, 6) is 0.619. The molecule has 1 fully saturated rings. The topological polar surface area (TPSA) is 61.9 Å². The number of rotatable bonds is 3. The molecule has 5 nitrogen and oxygen atoms in total. The van der Waals surface area contributed by atoms with Gasteiger partial charge in [0, 0.05) is 13.1 Å². The summed E-state index contributed by atoms with van der Waals surface area (Å²) in [4.78, 5) is 13.5. The molecule has 0 aliphatic heterocycles. The van der Waals surface area contributed by atoms with Gasteiger partial charge in [-0.3, -0.25) is 4.79 Å². The van der Waals surface area contributed by atoms with Gasteiger partial charge in [-0.05, 0) is 25.7 Å². The molecule has 0 aromatic carbocycles. The summed E-state index contributed by atoms with van der Waals surface area (Å²) in [5, 5.41) is 9.84. The van der Waals surface area contributed by atoms with E-state index in [1.807, 2.05) is 7.05 Å². The lowest BCUT2D eigenvalue weighted by atomic mass is 10.2. The standard InChI is InChI=1S/C9H14N4O/c1-6(7-3-4-7)13(2)9(14)8-5-10-12-11-8/h5-7H,3-4H2,1-2H3,(H,10,11,12). The predicted molar refractivity (Wildman–Crippen MR) is 50.7 cm³/mol. The van der Waals surface area contributed by atoms with Gasteiger partial charge in [0.2, 0.25) is 0 Å². The number of hydrogen-bond donors (Lipinski definition) is 1. The SMILES string of the molecule is CC(C1CC1)N(C)C(=O)c1cn[nH]n1. The van der Waals surface area contributed by atoms with Crippen LogP contribution in [0.15, 0.2) is 6.20 Å². The molecule has 1 aromatic rings. The lowest BCUT2D eigenvalue weighted by molar-refractivity contribution is 0.0721. The predicted octanol–water partition coefficient (Wildman–Crippen LogP) is 0.675. The van der Waals surface area contributed by atoms with Crippen molar-refractivity contribution in [3.05, 3.63) is 11.9 Å². The smallest absolute Gasteiger partial charge is 0.276 e. The van der Waals surface area contributed by atoms with E-state index >= 15 is 0 Å². The first-order valence-electron chi connectivity index (χ1n) is 4.83. The highest BCUT2D eigenvalue weighted by Gasteiger charge is 2.33. The second-order valence-electron chi connectivity index (χ2n) is 3.85. The highest BCUT2D eigenvalue weighted by atomic mass is 16.2.